The normalized spacial score (nSPS) is 10.3. The molecule has 0 aliphatic carbocycles. The van der Waals surface area contributed by atoms with Gasteiger partial charge in [0.15, 0.2) is 0 Å². The van der Waals surface area contributed by atoms with E-state index in [0.29, 0.717) is 11.7 Å². The van der Waals surface area contributed by atoms with Crippen molar-refractivity contribution in [3.63, 3.8) is 0 Å². The van der Waals surface area contributed by atoms with Crippen molar-refractivity contribution >= 4 is 42.4 Å². The summed E-state index contributed by atoms with van der Waals surface area (Å²) in [5, 5.41) is 8.79. The monoisotopic (exact) mass is 239 g/mol. The van der Waals surface area contributed by atoms with Gasteiger partial charge < -0.3 is 7.96 Å². The molecule has 1 atom stereocenters. The van der Waals surface area contributed by atoms with Crippen LogP contribution in [0.5, 0.6) is 0 Å². The Morgan fingerprint density at radius 2 is 1.87 bits per heavy atom. The van der Waals surface area contributed by atoms with E-state index in [1.54, 1.807) is 12.1 Å². The van der Waals surface area contributed by atoms with Gasteiger partial charge in [0.05, 0.1) is 0 Å². The molecule has 0 aliphatic rings. The van der Waals surface area contributed by atoms with Crippen LogP contribution in [0.1, 0.15) is 14.8 Å². The fourth-order valence-electron chi connectivity index (χ4n) is 1.04. The van der Waals surface area contributed by atoms with E-state index in [2.05, 4.69) is 0 Å². The van der Waals surface area contributed by atoms with Crippen molar-refractivity contribution in [2.75, 3.05) is 0 Å². The molecule has 0 spiro atoms. The minimum Gasteiger partial charge on any atom is -1.00 e. The zero-order valence-corrected chi connectivity index (χ0v) is 10.4. The molecular formula is C9H12MgO4P+. The van der Waals surface area contributed by atoms with Crippen LogP contribution in [-0.2, 0) is 15.8 Å². The molecule has 1 rings (SSSR count). The van der Waals surface area contributed by atoms with Crippen LogP contribution >= 0.6 is 8.03 Å². The summed E-state index contributed by atoms with van der Waals surface area (Å²) in [4.78, 5) is 19.0. The summed E-state index contributed by atoms with van der Waals surface area (Å²) < 4.78 is 10.6. The second kappa shape index (κ2) is 6.90. The third-order valence-corrected chi connectivity index (χ3v) is 2.52. The molecular weight excluding hydrogens is 227 g/mol. The van der Waals surface area contributed by atoms with Gasteiger partial charge in [-0.1, -0.05) is 12.1 Å². The minimum atomic E-state index is -2.30. The molecule has 1 unspecified atom stereocenters. The molecule has 2 N–H and O–H groups in total. The molecule has 15 heavy (non-hydrogen) atoms. The number of rotatable bonds is 4. The van der Waals surface area contributed by atoms with Gasteiger partial charge in [0, 0.05) is 6.42 Å². The summed E-state index contributed by atoms with van der Waals surface area (Å²) >= 11 is 0. The molecule has 4 nitrogen and oxygen atoms in total. The van der Waals surface area contributed by atoms with E-state index in [-0.39, 0.29) is 32.3 Å². The number of carboxylic acid groups (broad SMARTS) is 1. The van der Waals surface area contributed by atoms with Gasteiger partial charge in [-0.15, -0.1) is 0 Å². The van der Waals surface area contributed by atoms with Crippen LogP contribution in [-0.4, -0.2) is 39.0 Å². The van der Waals surface area contributed by atoms with E-state index in [0.717, 1.165) is 5.56 Å². The molecule has 0 saturated carbocycles. The van der Waals surface area contributed by atoms with Crippen molar-refractivity contribution < 1.29 is 22.2 Å². The van der Waals surface area contributed by atoms with Crippen LogP contribution in [0, 0.1) is 0 Å². The number of aryl methyl sites for hydroxylation is 1. The maximum atomic E-state index is 10.6. The van der Waals surface area contributed by atoms with Crippen molar-refractivity contribution in [3.8, 4) is 0 Å². The number of carboxylic acids is 1. The van der Waals surface area contributed by atoms with Crippen molar-refractivity contribution in [1.29, 1.82) is 0 Å². The minimum absolute atomic E-state index is 0. The van der Waals surface area contributed by atoms with Crippen LogP contribution < -0.4 is 5.30 Å². The average Bonchev–Trinajstić information content (AvgIpc) is 2.15. The Bertz CT molecular complexity index is 359. The third-order valence-electron chi connectivity index (χ3n) is 1.78. The number of benzene rings is 1. The van der Waals surface area contributed by atoms with Gasteiger partial charge in [-0.3, -0.25) is 4.79 Å². The Balaban J connectivity index is -0.000000653. The van der Waals surface area contributed by atoms with Gasteiger partial charge in [-0.2, -0.15) is 4.89 Å². The van der Waals surface area contributed by atoms with Gasteiger partial charge in [-0.05, 0) is 28.7 Å². The smallest absolute Gasteiger partial charge is 1.00 e. The Kier molecular flexibility index (Phi) is 6.68. The quantitative estimate of drug-likeness (QED) is 0.605. The average molecular weight is 239 g/mol. The SMILES string of the molecule is O=C(O)CCc1ccc([P+](=O)O)cc1.[H-].[H-].[Mg+2]. The Morgan fingerprint density at radius 3 is 2.27 bits per heavy atom. The number of hydrogen-bond acceptors (Lipinski definition) is 2. The second-order valence-electron chi connectivity index (χ2n) is 2.83. The molecule has 1 aromatic rings. The molecule has 0 saturated heterocycles. The molecule has 78 valence electrons. The van der Waals surface area contributed by atoms with E-state index in [4.69, 9.17) is 10.00 Å². The van der Waals surface area contributed by atoms with Crippen LogP contribution in [0.15, 0.2) is 24.3 Å². The predicted molar refractivity (Wildman–Crippen MR) is 59.8 cm³/mol. The zero-order valence-electron chi connectivity index (χ0n) is 10.1. The van der Waals surface area contributed by atoms with Gasteiger partial charge in [0.25, 0.3) is 0 Å². The van der Waals surface area contributed by atoms with E-state index >= 15 is 0 Å². The summed E-state index contributed by atoms with van der Waals surface area (Å²) in [5.41, 5.74) is 0.855. The number of aliphatic carboxylic acids is 1. The number of hydrogen-bond donors (Lipinski definition) is 2. The fourth-order valence-corrected chi connectivity index (χ4v) is 1.45. The molecule has 0 fully saturated rings. The zero-order chi connectivity index (χ0) is 10.6. The van der Waals surface area contributed by atoms with Gasteiger partial charge in [0.2, 0.25) is 5.30 Å². The largest absolute Gasteiger partial charge is 2.00 e. The molecule has 0 bridgehead atoms. The van der Waals surface area contributed by atoms with Crippen LogP contribution in [0.3, 0.4) is 0 Å². The van der Waals surface area contributed by atoms with Crippen molar-refractivity contribution in [3.05, 3.63) is 29.8 Å². The molecule has 6 heteroatoms. The van der Waals surface area contributed by atoms with E-state index < -0.39 is 14.0 Å². The first-order valence-electron chi connectivity index (χ1n) is 4.06. The summed E-state index contributed by atoms with van der Waals surface area (Å²) in [6.07, 6.45) is 0.516. The first-order chi connectivity index (χ1) is 6.59. The summed E-state index contributed by atoms with van der Waals surface area (Å²) in [7, 11) is -2.30. The molecule has 1 aromatic carbocycles. The van der Waals surface area contributed by atoms with Crippen molar-refractivity contribution in [2.45, 2.75) is 12.8 Å². The maximum Gasteiger partial charge on any atom is 2.00 e. The Morgan fingerprint density at radius 1 is 1.33 bits per heavy atom. The summed E-state index contributed by atoms with van der Waals surface area (Å²) in [5.74, 6) is -0.845. The van der Waals surface area contributed by atoms with Crippen LogP contribution in [0.2, 0.25) is 0 Å². The third kappa shape index (κ3) is 5.23. The Hall–Kier alpha value is -0.484. The van der Waals surface area contributed by atoms with Gasteiger partial charge >= 0.3 is 37.1 Å². The standard InChI is InChI=1S/C9H9O4P.Mg.2H/c10-9(11)6-3-7-1-4-8(5-2-7)14(12)13;;;/h1-2,4-5H,3,6H2,(H-,10,11,12,13);;;/q;+2;2*-1/p+1. The van der Waals surface area contributed by atoms with Crippen LogP contribution in [0.4, 0.5) is 0 Å². The molecule has 0 radical (unpaired) electrons. The molecule has 0 heterocycles. The topological polar surface area (TPSA) is 74.6 Å². The van der Waals surface area contributed by atoms with Crippen molar-refractivity contribution in [1.82, 2.24) is 0 Å². The van der Waals surface area contributed by atoms with Crippen LogP contribution in [0.25, 0.3) is 0 Å². The van der Waals surface area contributed by atoms with Crippen molar-refractivity contribution in [2.24, 2.45) is 0 Å². The van der Waals surface area contributed by atoms with E-state index in [1.807, 2.05) is 0 Å². The van der Waals surface area contributed by atoms with Gasteiger partial charge in [-0.25, -0.2) is 0 Å². The molecule has 0 aromatic heterocycles. The first kappa shape index (κ1) is 14.5. The number of carbonyl (C=O) groups is 1. The second-order valence-corrected chi connectivity index (χ2v) is 3.90. The summed E-state index contributed by atoms with van der Waals surface area (Å²) in [6.45, 7) is 0. The first-order valence-corrected chi connectivity index (χ1v) is 5.27. The summed E-state index contributed by atoms with van der Waals surface area (Å²) in [6, 6.07) is 6.41. The predicted octanol–water partition coefficient (Wildman–Crippen LogP) is 0.908. The maximum absolute atomic E-state index is 10.6. The fraction of sp³-hybridized carbons (Fsp3) is 0.222. The molecule has 0 aliphatic heterocycles. The van der Waals surface area contributed by atoms with Gasteiger partial charge in [0.1, 0.15) is 0 Å². The molecule has 0 amide bonds. The Labute approximate surface area is 107 Å². The van der Waals surface area contributed by atoms with E-state index in [9.17, 15) is 9.36 Å². The van der Waals surface area contributed by atoms with E-state index in [1.165, 1.54) is 12.1 Å².